The molecule has 1 aromatic carbocycles. The molecule has 34 heavy (non-hydrogen) atoms. The molecule has 2 amide bonds. The standard InChI is InChI=1S/C23H31F2N5O3S/c1-16-13-19(14-17(2)28-16)29-23(31)26-9-12-30-10-6-18(7-11-30)5-8-27-34(32,33)20-3-4-21(24)22(25)15-20/h3-4,13-15,18,27H,5-12H2,1-2H3,(H2,26,28,29,31). The van der Waals surface area contributed by atoms with Crippen LogP contribution in [0.1, 0.15) is 30.7 Å². The topological polar surface area (TPSA) is 103 Å². The first kappa shape index (κ1) is 26.0. The molecule has 3 rings (SSSR count). The number of halogens is 2. The molecule has 3 N–H and O–H groups in total. The molecule has 0 saturated carbocycles. The number of aromatic nitrogens is 1. The number of aryl methyl sites for hydroxylation is 2. The molecular formula is C23H31F2N5O3S. The van der Waals surface area contributed by atoms with Crippen LogP contribution >= 0.6 is 0 Å². The summed E-state index contributed by atoms with van der Waals surface area (Å²) in [5.41, 5.74) is 2.40. The summed E-state index contributed by atoms with van der Waals surface area (Å²) in [7, 11) is -3.88. The van der Waals surface area contributed by atoms with Crippen molar-refractivity contribution in [3.05, 3.63) is 53.4 Å². The average molecular weight is 496 g/mol. The predicted molar refractivity (Wildman–Crippen MR) is 126 cm³/mol. The van der Waals surface area contributed by atoms with E-state index in [1.165, 1.54) is 0 Å². The quantitative estimate of drug-likeness (QED) is 0.496. The van der Waals surface area contributed by atoms with Crippen LogP contribution in [0.3, 0.4) is 0 Å². The van der Waals surface area contributed by atoms with Crippen molar-refractivity contribution in [3.63, 3.8) is 0 Å². The van der Waals surface area contributed by atoms with Gasteiger partial charge < -0.3 is 15.5 Å². The van der Waals surface area contributed by atoms with Crippen molar-refractivity contribution in [2.24, 2.45) is 5.92 Å². The molecule has 8 nitrogen and oxygen atoms in total. The largest absolute Gasteiger partial charge is 0.337 e. The maximum atomic E-state index is 13.3. The number of nitrogens with zero attached hydrogens (tertiary/aromatic N) is 2. The van der Waals surface area contributed by atoms with Gasteiger partial charge in [0.25, 0.3) is 0 Å². The number of carbonyl (C=O) groups excluding carboxylic acids is 1. The first-order chi connectivity index (χ1) is 16.1. The van der Waals surface area contributed by atoms with Crippen LogP contribution in [0.5, 0.6) is 0 Å². The van der Waals surface area contributed by atoms with Crippen molar-refractivity contribution in [2.45, 2.75) is 38.0 Å². The van der Waals surface area contributed by atoms with Crippen LogP contribution in [0.15, 0.2) is 35.2 Å². The Kier molecular flexibility index (Phi) is 8.92. The van der Waals surface area contributed by atoms with Crippen LogP contribution < -0.4 is 15.4 Å². The molecule has 11 heteroatoms. The lowest BCUT2D eigenvalue weighted by Gasteiger charge is -2.32. The maximum absolute atomic E-state index is 13.3. The minimum atomic E-state index is -3.88. The molecule has 1 fully saturated rings. The number of nitrogens with one attached hydrogen (secondary N) is 3. The van der Waals surface area contributed by atoms with E-state index < -0.39 is 21.7 Å². The van der Waals surface area contributed by atoms with Gasteiger partial charge in [-0.2, -0.15) is 0 Å². The van der Waals surface area contributed by atoms with Gasteiger partial charge in [-0.1, -0.05) is 0 Å². The molecule has 0 radical (unpaired) electrons. The lowest BCUT2D eigenvalue weighted by atomic mass is 9.94. The fourth-order valence-electron chi connectivity index (χ4n) is 4.03. The van der Waals surface area contributed by atoms with E-state index in [4.69, 9.17) is 0 Å². The van der Waals surface area contributed by atoms with Gasteiger partial charge >= 0.3 is 6.03 Å². The summed E-state index contributed by atoms with van der Waals surface area (Å²) in [4.78, 5) is 18.4. The highest BCUT2D eigenvalue weighted by atomic mass is 32.2. The fraction of sp³-hybridized carbons (Fsp3) is 0.478. The van der Waals surface area contributed by atoms with E-state index >= 15 is 0 Å². The predicted octanol–water partition coefficient (Wildman–Crippen LogP) is 3.18. The van der Waals surface area contributed by atoms with Crippen molar-refractivity contribution in [3.8, 4) is 0 Å². The Morgan fingerprint density at radius 1 is 1.06 bits per heavy atom. The van der Waals surface area contributed by atoms with E-state index in [1.54, 1.807) is 0 Å². The molecule has 1 aliphatic rings. The van der Waals surface area contributed by atoms with Crippen molar-refractivity contribution < 1.29 is 22.0 Å². The Balaban J connectivity index is 1.32. The number of sulfonamides is 1. The van der Waals surface area contributed by atoms with E-state index in [9.17, 15) is 22.0 Å². The molecule has 0 unspecified atom stereocenters. The Labute approximate surface area is 199 Å². The molecule has 1 saturated heterocycles. The van der Waals surface area contributed by atoms with Gasteiger partial charge in [-0.05, 0) is 82.4 Å². The van der Waals surface area contributed by atoms with Gasteiger partial charge in [-0.25, -0.2) is 26.7 Å². The van der Waals surface area contributed by atoms with E-state index in [2.05, 4.69) is 25.2 Å². The van der Waals surface area contributed by atoms with Crippen molar-refractivity contribution in [2.75, 3.05) is 38.0 Å². The number of anilines is 1. The lowest BCUT2D eigenvalue weighted by molar-refractivity contribution is 0.180. The zero-order valence-electron chi connectivity index (χ0n) is 19.4. The van der Waals surface area contributed by atoms with Gasteiger partial charge in [0.05, 0.1) is 4.90 Å². The Morgan fingerprint density at radius 3 is 2.38 bits per heavy atom. The highest BCUT2D eigenvalue weighted by Crippen LogP contribution is 2.20. The summed E-state index contributed by atoms with van der Waals surface area (Å²) in [5, 5.41) is 5.68. The highest BCUT2D eigenvalue weighted by molar-refractivity contribution is 7.89. The Bertz CT molecular complexity index is 1090. The number of rotatable bonds is 9. The van der Waals surface area contributed by atoms with Crippen molar-refractivity contribution >= 4 is 21.7 Å². The number of carbonyl (C=O) groups is 1. The summed E-state index contributed by atoms with van der Waals surface area (Å²) in [6.45, 7) is 6.98. The SMILES string of the molecule is Cc1cc(NC(=O)NCCN2CCC(CCNS(=O)(=O)c3ccc(F)c(F)c3)CC2)cc(C)n1. The molecule has 0 aliphatic carbocycles. The van der Waals surface area contributed by atoms with Gasteiger partial charge in [0, 0.05) is 36.7 Å². The van der Waals surface area contributed by atoms with Crippen LogP contribution in [0.4, 0.5) is 19.3 Å². The first-order valence-electron chi connectivity index (χ1n) is 11.3. The van der Waals surface area contributed by atoms with Crippen LogP contribution in [0, 0.1) is 31.4 Å². The number of hydrogen-bond donors (Lipinski definition) is 3. The van der Waals surface area contributed by atoms with Gasteiger partial charge in [0.15, 0.2) is 11.6 Å². The van der Waals surface area contributed by atoms with Gasteiger partial charge in [-0.3, -0.25) is 4.98 Å². The van der Waals surface area contributed by atoms with Gasteiger partial charge in [0.1, 0.15) is 0 Å². The normalized spacial score (nSPS) is 15.3. The molecule has 1 aliphatic heterocycles. The highest BCUT2D eigenvalue weighted by Gasteiger charge is 2.21. The average Bonchev–Trinajstić information content (AvgIpc) is 2.76. The van der Waals surface area contributed by atoms with E-state index in [-0.39, 0.29) is 17.5 Å². The Morgan fingerprint density at radius 2 is 1.74 bits per heavy atom. The van der Waals surface area contributed by atoms with Crippen LogP contribution in [0.25, 0.3) is 0 Å². The summed E-state index contributed by atoms with van der Waals surface area (Å²) in [6, 6.07) is 5.91. The fourth-order valence-corrected chi connectivity index (χ4v) is 5.09. The van der Waals surface area contributed by atoms with E-state index in [1.807, 2.05) is 26.0 Å². The van der Waals surface area contributed by atoms with Gasteiger partial charge in [-0.15, -0.1) is 0 Å². The monoisotopic (exact) mass is 495 g/mol. The van der Waals surface area contributed by atoms with Gasteiger partial charge in [0.2, 0.25) is 10.0 Å². The van der Waals surface area contributed by atoms with Crippen molar-refractivity contribution in [1.29, 1.82) is 0 Å². The summed E-state index contributed by atoms with van der Waals surface area (Å²) in [6.07, 6.45) is 2.52. The van der Waals surface area contributed by atoms with E-state index in [0.29, 0.717) is 30.6 Å². The number of piperidine rings is 1. The molecule has 1 aromatic heterocycles. The number of likely N-dealkylation sites (tertiary alicyclic amines) is 1. The van der Waals surface area contributed by atoms with Crippen molar-refractivity contribution in [1.82, 2.24) is 19.9 Å². The summed E-state index contributed by atoms with van der Waals surface area (Å²) in [5.74, 6) is -1.90. The minimum absolute atomic E-state index is 0.238. The minimum Gasteiger partial charge on any atom is -0.337 e. The molecule has 0 bridgehead atoms. The van der Waals surface area contributed by atoms with Crippen LogP contribution in [-0.2, 0) is 10.0 Å². The number of hydrogen-bond acceptors (Lipinski definition) is 5. The van der Waals surface area contributed by atoms with E-state index in [0.717, 1.165) is 56.0 Å². The first-order valence-corrected chi connectivity index (χ1v) is 12.8. The lowest BCUT2D eigenvalue weighted by Crippen LogP contribution is -2.41. The zero-order valence-corrected chi connectivity index (χ0v) is 20.2. The molecule has 0 spiro atoms. The molecule has 186 valence electrons. The third-order valence-electron chi connectivity index (χ3n) is 5.81. The number of pyridine rings is 1. The number of amides is 2. The smallest absolute Gasteiger partial charge is 0.319 e. The summed E-state index contributed by atoms with van der Waals surface area (Å²) < 4.78 is 53.3. The molecule has 2 aromatic rings. The second kappa shape index (κ2) is 11.7. The number of urea groups is 1. The zero-order chi connectivity index (χ0) is 24.7. The molecular weight excluding hydrogens is 464 g/mol. The van der Waals surface area contributed by atoms with Crippen LogP contribution in [-0.4, -0.2) is 57.1 Å². The second-order valence-corrected chi connectivity index (χ2v) is 10.3. The third-order valence-corrected chi connectivity index (χ3v) is 7.26. The van der Waals surface area contributed by atoms with Crippen LogP contribution in [0.2, 0.25) is 0 Å². The summed E-state index contributed by atoms with van der Waals surface area (Å²) >= 11 is 0. The Hall–Kier alpha value is -2.63. The molecule has 2 heterocycles. The maximum Gasteiger partial charge on any atom is 0.319 e. The molecule has 0 atom stereocenters. The third kappa shape index (κ3) is 7.71. The number of benzene rings is 1. The second-order valence-electron chi connectivity index (χ2n) is 8.57.